The van der Waals surface area contributed by atoms with E-state index in [0.717, 1.165) is 19.2 Å². The first kappa shape index (κ1) is 43.8. The quantitative estimate of drug-likeness (QED) is 0.0947. The minimum absolute atomic E-state index is 0.0259. The molecule has 3 aromatic carbocycles. The van der Waals surface area contributed by atoms with E-state index in [1.54, 1.807) is 14.0 Å². The monoisotopic (exact) mass is 854 g/mol. The fraction of sp³-hybridized carbons (Fsp3) is 0.463. The van der Waals surface area contributed by atoms with Crippen LogP contribution in [0.1, 0.15) is 84.9 Å². The summed E-state index contributed by atoms with van der Waals surface area (Å²) in [6.07, 6.45) is -15.4. The second kappa shape index (κ2) is 16.5. The number of phenols is 3. The van der Waals surface area contributed by atoms with Crippen LogP contribution < -0.4 is 15.4 Å². The van der Waals surface area contributed by atoms with Crippen LogP contribution in [0.25, 0.3) is 11.1 Å². The molecule has 328 valence electrons. The second-order valence-electron chi connectivity index (χ2n) is 15.3. The SMILES string of the molecule is CNC1C(C)OC(OC2c3cc(C)c(C(=O)NC(C)C(=O)OC)c(O)c3-c3c(cc4c(c3O)C(=O)c3cc(OC)cc(O)c3C4=O)C2O)C(O)C1OC1OCC(O)C(O)C1O. The summed E-state index contributed by atoms with van der Waals surface area (Å²) in [5.74, 6) is -5.84. The average Bonchev–Trinajstić information content (AvgIpc) is 3.22. The fourth-order valence-electron chi connectivity index (χ4n) is 8.47. The molecule has 2 aliphatic heterocycles. The Balaban J connectivity index is 1.37. The van der Waals surface area contributed by atoms with E-state index >= 15 is 0 Å². The van der Waals surface area contributed by atoms with Gasteiger partial charge >= 0.3 is 5.97 Å². The van der Waals surface area contributed by atoms with Crippen molar-refractivity contribution >= 4 is 23.4 Å². The molecular formula is C41H46N2O18. The molecule has 0 aromatic heterocycles. The van der Waals surface area contributed by atoms with Gasteiger partial charge in [0.25, 0.3) is 5.91 Å². The first-order chi connectivity index (χ1) is 28.9. The highest BCUT2D eigenvalue weighted by Crippen LogP contribution is 2.57. The molecule has 12 atom stereocenters. The first-order valence-electron chi connectivity index (χ1n) is 19.2. The van der Waals surface area contributed by atoms with Crippen molar-refractivity contribution in [3.8, 4) is 34.1 Å². The van der Waals surface area contributed by atoms with Crippen molar-refractivity contribution < 1.29 is 88.5 Å². The fourth-order valence-corrected chi connectivity index (χ4v) is 8.47. The highest BCUT2D eigenvalue weighted by atomic mass is 16.7. The minimum atomic E-state index is -1.88. The van der Waals surface area contributed by atoms with Gasteiger partial charge in [-0.2, -0.15) is 0 Å². The smallest absolute Gasteiger partial charge is 0.328 e. The van der Waals surface area contributed by atoms with E-state index in [-0.39, 0.29) is 44.7 Å². The third-order valence-corrected chi connectivity index (χ3v) is 11.6. The molecule has 2 saturated heterocycles. The summed E-state index contributed by atoms with van der Waals surface area (Å²) in [6.45, 7) is 3.97. The number of amides is 1. The zero-order chi connectivity index (χ0) is 44.5. The van der Waals surface area contributed by atoms with Crippen molar-refractivity contribution in [2.45, 2.75) is 94.3 Å². The Hall–Kier alpha value is -5.26. The standard InChI is InChI=1S/C41H46N2O18/c1-12-7-19-25(32(50)22(12)38(54)43-13(2)39(55)57-6)24-17(10-18-26(33(24)51)29(47)16-8-15(56-5)9-20(44)23(16)28(18)46)30(48)36(19)60-41-35(53)37(27(42-4)14(3)59-41)61-40-34(52)31(49)21(45)11-58-40/h7-10,13-14,21,27,30-31,34-37,40-42,44-45,48-53H,11H2,1-6H3,(H,43,54). The van der Waals surface area contributed by atoms with Crippen LogP contribution in [0, 0.1) is 6.92 Å². The molecule has 7 rings (SSSR count). The molecule has 12 unspecified atom stereocenters. The molecule has 0 bridgehead atoms. The van der Waals surface area contributed by atoms with E-state index in [1.807, 2.05) is 0 Å². The number of nitrogens with one attached hydrogen (secondary N) is 2. The van der Waals surface area contributed by atoms with E-state index in [1.165, 1.54) is 33.1 Å². The van der Waals surface area contributed by atoms with Gasteiger partial charge in [-0.15, -0.1) is 0 Å². The number of aliphatic hydroxyl groups is 5. The molecule has 0 saturated carbocycles. The van der Waals surface area contributed by atoms with E-state index < -0.39 is 137 Å². The van der Waals surface area contributed by atoms with E-state index in [9.17, 15) is 60.0 Å². The first-order valence-corrected chi connectivity index (χ1v) is 19.2. The minimum Gasteiger partial charge on any atom is -0.507 e. The van der Waals surface area contributed by atoms with E-state index in [4.69, 9.17) is 28.4 Å². The molecule has 2 fully saturated rings. The van der Waals surface area contributed by atoms with Crippen LogP contribution >= 0.6 is 0 Å². The molecule has 3 aromatic rings. The van der Waals surface area contributed by atoms with Crippen LogP contribution in [0.3, 0.4) is 0 Å². The molecule has 20 heteroatoms. The Morgan fingerprint density at radius 2 is 1.48 bits per heavy atom. The number of benzene rings is 3. The lowest BCUT2D eigenvalue weighted by Crippen LogP contribution is -2.65. The summed E-state index contributed by atoms with van der Waals surface area (Å²) < 4.78 is 33.7. The summed E-state index contributed by atoms with van der Waals surface area (Å²) >= 11 is 0. The highest BCUT2D eigenvalue weighted by Gasteiger charge is 2.51. The normalized spacial score (nSPS) is 29.7. The summed E-state index contributed by atoms with van der Waals surface area (Å²) in [4.78, 5) is 54.1. The van der Waals surface area contributed by atoms with Crippen molar-refractivity contribution in [2.75, 3.05) is 27.9 Å². The Labute approximate surface area is 347 Å². The van der Waals surface area contributed by atoms with Crippen LogP contribution in [-0.4, -0.2) is 153 Å². The summed E-state index contributed by atoms with van der Waals surface area (Å²) in [7, 11) is 3.93. The maximum atomic E-state index is 14.1. The lowest BCUT2D eigenvalue weighted by atomic mass is 9.74. The van der Waals surface area contributed by atoms with Crippen molar-refractivity contribution in [1.82, 2.24) is 10.6 Å². The van der Waals surface area contributed by atoms with Crippen LogP contribution in [-0.2, 0) is 28.5 Å². The van der Waals surface area contributed by atoms with E-state index in [0.29, 0.717) is 0 Å². The number of rotatable bonds is 9. The molecule has 1 amide bonds. The summed E-state index contributed by atoms with van der Waals surface area (Å²) in [5, 5.41) is 95.3. The Kier molecular flexibility index (Phi) is 11.9. The molecule has 0 spiro atoms. The second-order valence-corrected chi connectivity index (χ2v) is 15.3. The number of ether oxygens (including phenoxy) is 6. The van der Waals surface area contributed by atoms with Crippen molar-refractivity contribution in [3.63, 3.8) is 0 Å². The number of methoxy groups -OCH3 is 2. The number of carbonyl (C=O) groups excluding carboxylic acids is 4. The molecule has 10 N–H and O–H groups in total. The van der Waals surface area contributed by atoms with Gasteiger partial charge in [-0.1, -0.05) is 6.07 Å². The number of aromatic hydroxyl groups is 3. The number of aryl methyl sites for hydroxylation is 1. The third kappa shape index (κ3) is 7.17. The topological polar surface area (TPSA) is 310 Å². The lowest BCUT2D eigenvalue weighted by molar-refractivity contribution is -0.339. The van der Waals surface area contributed by atoms with Gasteiger partial charge in [0.1, 0.15) is 71.8 Å². The number of ketones is 2. The summed E-state index contributed by atoms with van der Waals surface area (Å²) in [5.41, 5.74) is -3.08. The summed E-state index contributed by atoms with van der Waals surface area (Å²) in [6, 6.07) is 2.76. The molecule has 20 nitrogen and oxygen atoms in total. The molecule has 2 aliphatic carbocycles. The van der Waals surface area contributed by atoms with Crippen molar-refractivity contribution in [1.29, 1.82) is 0 Å². The zero-order valence-corrected chi connectivity index (χ0v) is 33.6. The van der Waals surface area contributed by atoms with Gasteiger partial charge < -0.3 is 79.9 Å². The number of likely N-dealkylation sites (N-methyl/N-ethyl adjacent to an activating group) is 1. The maximum Gasteiger partial charge on any atom is 0.328 e. The average molecular weight is 855 g/mol. The Bertz CT molecular complexity index is 2300. The number of hydrogen-bond donors (Lipinski definition) is 10. The predicted molar refractivity (Wildman–Crippen MR) is 205 cm³/mol. The number of aliphatic hydroxyl groups excluding tert-OH is 5. The Morgan fingerprint density at radius 3 is 2.13 bits per heavy atom. The van der Waals surface area contributed by atoms with Crippen LogP contribution in [0.2, 0.25) is 0 Å². The molecule has 61 heavy (non-hydrogen) atoms. The van der Waals surface area contributed by atoms with E-state index in [2.05, 4.69) is 10.6 Å². The molecule has 0 radical (unpaired) electrons. The van der Waals surface area contributed by atoms with Gasteiger partial charge in [0.15, 0.2) is 24.1 Å². The van der Waals surface area contributed by atoms with Crippen LogP contribution in [0.15, 0.2) is 24.3 Å². The number of fused-ring (bicyclic) bond motifs is 5. The lowest BCUT2D eigenvalue weighted by Gasteiger charge is -2.47. The van der Waals surface area contributed by atoms with Gasteiger partial charge in [0, 0.05) is 28.3 Å². The Morgan fingerprint density at radius 1 is 0.820 bits per heavy atom. The number of hydrogen-bond acceptors (Lipinski definition) is 19. The number of phenolic OH excluding ortho intramolecular Hbond substituents is 3. The molecular weight excluding hydrogens is 808 g/mol. The van der Waals surface area contributed by atoms with Crippen LogP contribution in [0.4, 0.5) is 0 Å². The van der Waals surface area contributed by atoms with Gasteiger partial charge in [0.05, 0.1) is 49.7 Å². The molecule has 4 aliphatic rings. The predicted octanol–water partition coefficient (Wildman–Crippen LogP) is -0.523. The zero-order valence-electron chi connectivity index (χ0n) is 33.6. The maximum absolute atomic E-state index is 14.1. The van der Waals surface area contributed by atoms with Crippen LogP contribution in [0.5, 0.6) is 23.0 Å². The highest BCUT2D eigenvalue weighted by molar-refractivity contribution is 6.31. The van der Waals surface area contributed by atoms with Gasteiger partial charge in [-0.3, -0.25) is 14.4 Å². The molecule has 2 heterocycles. The number of esters is 1. The van der Waals surface area contributed by atoms with Gasteiger partial charge in [0.2, 0.25) is 0 Å². The third-order valence-electron chi connectivity index (χ3n) is 11.6. The number of carbonyl (C=O) groups is 4. The van der Waals surface area contributed by atoms with Gasteiger partial charge in [-0.05, 0) is 56.6 Å². The van der Waals surface area contributed by atoms with Crippen molar-refractivity contribution in [3.05, 3.63) is 68.8 Å². The van der Waals surface area contributed by atoms with Crippen molar-refractivity contribution in [2.24, 2.45) is 0 Å². The largest absolute Gasteiger partial charge is 0.507 e. The van der Waals surface area contributed by atoms with Gasteiger partial charge in [-0.25, -0.2) is 4.79 Å².